The van der Waals surface area contributed by atoms with E-state index in [1.165, 1.54) is 12.0 Å². The van der Waals surface area contributed by atoms with Crippen molar-refractivity contribution in [3.63, 3.8) is 0 Å². The van der Waals surface area contributed by atoms with Crippen molar-refractivity contribution in [2.45, 2.75) is 30.7 Å². The summed E-state index contributed by atoms with van der Waals surface area (Å²) in [6.45, 7) is 0.0443. The van der Waals surface area contributed by atoms with Gasteiger partial charge in [-0.1, -0.05) is 30.2 Å². The molecule has 2 nitrogen and oxygen atoms in total. The topological polar surface area (TPSA) is 46.2 Å². The number of aliphatic hydroxyl groups excluding tert-OH is 1. The van der Waals surface area contributed by atoms with Crippen LogP contribution in [0.3, 0.4) is 0 Å². The van der Waals surface area contributed by atoms with Gasteiger partial charge in [0, 0.05) is 16.5 Å². The van der Waals surface area contributed by atoms with E-state index in [1.807, 2.05) is 24.3 Å². The van der Waals surface area contributed by atoms with Gasteiger partial charge in [0.1, 0.15) is 0 Å². The third kappa shape index (κ3) is 2.21. The van der Waals surface area contributed by atoms with Gasteiger partial charge in [0.05, 0.1) is 6.61 Å². The van der Waals surface area contributed by atoms with Crippen LogP contribution in [0.25, 0.3) is 0 Å². The average molecular weight is 262 g/mol. The van der Waals surface area contributed by atoms with Gasteiger partial charge >= 0.3 is 0 Å². The molecule has 1 fully saturated rings. The van der Waals surface area contributed by atoms with Gasteiger partial charge in [-0.2, -0.15) is 0 Å². The highest BCUT2D eigenvalue weighted by atomic mass is 35.5. The van der Waals surface area contributed by atoms with E-state index < -0.39 is 0 Å². The summed E-state index contributed by atoms with van der Waals surface area (Å²) in [6, 6.07) is 7.67. The van der Waals surface area contributed by atoms with E-state index in [2.05, 4.69) is 0 Å². The summed E-state index contributed by atoms with van der Waals surface area (Å²) in [4.78, 5) is 0. The summed E-state index contributed by atoms with van der Waals surface area (Å²) in [5.74, 6) is 0. The Bertz CT molecular complexity index is 335. The molecule has 90 valence electrons. The molecule has 1 aliphatic rings. The van der Waals surface area contributed by atoms with Gasteiger partial charge in [-0.15, -0.1) is 12.4 Å². The Morgan fingerprint density at radius 1 is 1.31 bits per heavy atom. The molecular formula is C12H17Cl2NO. The zero-order chi connectivity index (χ0) is 10.9. The quantitative estimate of drug-likeness (QED) is 0.879. The van der Waals surface area contributed by atoms with Crippen molar-refractivity contribution < 1.29 is 5.11 Å². The number of benzene rings is 1. The summed E-state index contributed by atoms with van der Waals surface area (Å²) < 4.78 is 0. The maximum absolute atomic E-state index is 9.20. The molecule has 0 aromatic heterocycles. The Kier molecular flexibility index (Phi) is 4.62. The first-order valence-electron chi connectivity index (χ1n) is 5.31. The molecule has 0 unspecified atom stereocenters. The molecule has 1 saturated carbocycles. The van der Waals surface area contributed by atoms with Crippen molar-refractivity contribution in [3.8, 4) is 0 Å². The van der Waals surface area contributed by atoms with Crippen LogP contribution in [0.4, 0.5) is 0 Å². The van der Waals surface area contributed by atoms with Crippen LogP contribution in [0.5, 0.6) is 0 Å². The second-order valence-corrected chi connectivity index (χ2v) is 4.74. The lowest BCUT2D eigenvalue weighted by Crippen LogP contribution is -2.52. The molecule has 0 saturated heterocycles. The number of aliphatic hydroxyl groups is 1. The SMILES string of the molecule is Cl.N[C@H](CO)C1(c2ccc(Cl)cc2)CCC1. The average Bonchev–Trinajstić information content (AvgIpc) is 2.19. The highest BCUT2D eigenvalue weighted by molar-refractivity contribution is 6.30. The minimum Gasteiger partial charge on any atom is -0.395 e. The van der Waals surface area contributed by atoms with Crippen molar-refractivity contribution in [1.29, 1.82) is 0 Å². The maximum atomic E-state index is 9.20. The summed E-state index contributed by atoms with van der Waals surface area (Å²) in [5.41, 5.74) is 7.19. The van der Waals surface area contributed by atoms with Crippen LogP contribution in [0.1, 0.15) is 24.8 Å². The van der Waals surface area contributed by atoms with E-state index in [-0.39, 0.29) is 30.5 Å². The van der Waals surface area contributed by atoms with Gasteiger partial charge in [-0.25, -0.2) is 0 Å². The van der Waals surface area contributed by atoms with Crippen LogP contribution in [0.2, 0.25) is 5.02 Å². The molecule has 0 heterocycles. The first kappa shape index (κ1) is 13.8. The molecule has 0 bridgehead atoms. The Morgan fingerprint density at radius 3 is 2.25 bits per heavy atom. The summed E-state index contributed by atoms with van der Waals surface area (Å²) in [6.07, 6.45) is 3.32. The van der Waals surface area contributed by atoms with E-state index in [9.17, 15) is 5.11 Å². The van der Waals surface area contributed by atoms with Gasteiger partial charge in [0.15, 0.2) is 0 Å². The van der Waals surface area contributed by atoms with E-state index in [0.717, 1.165) is 17.9 Å². The molecule has 2 rings (SSSR count). The number of nitrogens with two attached hydrogens (primary N) is 1. The lowest BCUT2D eigenvalue weighted by Gasteiger charge is -2.46. The maximum Gasteiger partial charge on any atom is 0.0591 e. The zero-order valence-corrected chi connectivity index (χ0v) is 10.6. The van der Waals surface area contributed by atoms with E-state index in [1.54, 1.807) is 0 Å². The fourth-order valence-corrected chi connectivity index (χ4v) is 2.51. The van der Waals surface area contributed by atoms with Crippen LogP contribution in [0.15, 0.2) is 24.3 Å². The second kappa shape index (κ2) is 5.37. The normalized spacial score (nSPS) is 19.4. The van der Waals surface area contributed by atoms with Gasteiger partial charge in [0.25, 0.3) is 0 Å². The molecule has 0 aliphatic heterocycles. The van der Waals surface area contributed by atoms with Crippen molar-refractivity contribution >= 4 is 24.0 Å². The number of hydrogen-bond donors (Lipinski definition) is 2. The van der Waals surface area contributed by atoms with Gasteiger partial charge in [-0.05, 0) is 30.5 Å². The molecule has 0 amide bonds. The van der Waals surface area contributed by atoms with Crippen LogP contribution in [-0.2, 0) is 5.41 Å². The Labute approximate surface area is 107 Å². The summed E-state index contributed by atoms with van der Waals surface area (Å²) in [5, 5.41) is 9.94. The Morgan fingerprint density at radius 2 is 1.88 bits per heavy atom. The fourth-order valence-electron chi connectivity index (χ4n) is 2.39. The lowest BCUT2D eigenvalue weighted by molar-refractivity contribution is 0.136. The third-order valence-electron chi connectivity index (χ3n) is 3.57. The summed E-state index contributed by atoms with van der Waals surface area (Å²) in [7, 11) is 0. The summed E-state index contributed by atoms with van der Waals surface area (Å²) >= 11 is 5.86. The minimum absolute atomic E-state index is 0. The second-order valence-electron chi connectivity index (χ2n) is 4.31. The third-order valence-corrected chi connectivity index (χ3v) is 3.82. The number of rotatable bonds is 3. The van der Waals surface area contributed by atoms with Crippen molar-refractivity contribution in [3.05, 3.63) is 34.9 Å². The standard InChI is InChI=1S/C12H16ClNO.ClH/c13-10-4-2-9(3-5-10)12(6-1-7-12)11(14)8-15;/h2-5,11,15H,1,6-8,14H2;1H/t11-;/m1./s1. The molecule has 0 spiro atoms. The predicted molar refractivity (Wildman–Crippen MR) is 69.3 cm³/mol. The lowest BCUT2D eigenvalue weighted by atomic mass is 9.60. The highest BCUT2D eigenvalue weighted by Crippen LogP contribution is 2.45. The predicted octanol–water partition coefficient (Wildman–Crippen LogP) is 2.50. The Balaban J connectivity index is 0.00000128. The molecule has 1 aromatic carbocycles. The zero-order valence-electron chi connectivity index (χ0n) is 9.03. The van der Waals surface area contributed by atoms with Crippen LogP contribution in [0, 0.1) is 0 Å². The van der Waals surface area contributed by atoms with Crippen molar-refractivity contribution in [2.75, 3.05) is 6.61 Å². The van der Waals surface area contributed by atoms with E-state index in [4.69, 9.17) is 17.3 Å². The fraction of sp³-hybridized carbons (Fsp3) is 0.500. The van der Waals surface area contributed by atoms with Crippen LogP contribution >= 0.6 is 24.0 Å². The molecule has 16 heavy (non-hydrogen) atoms. The molecule has 1 aromatic rings. The van der Waals surface area contributed by atoms with Gasteiger partial charge < -0.3 is 10.8 Å². The Hall–Kier alpha value is -0.280. The molecule has 0 radical (unpaired) electrons. The number of halogens is 2. The molecule has 1 aliphatic carbocycles. The van der Waals surface area contributed by atoms with Crippen molar-refractivity contribution in [1.82, 2.24) is 0 Å². The molecule has 4 heteroatoms. The molecule has 1 atom stereocenters. The van der Waals surface area contributed by atoms with Crippen LogP contribution < -0.4 is 5.73 Å². The van der Waals surface area contributed by atoms with Crippen molar-refractivity contribution in [2.24, 2.45) is 5.73 Å². The molecule has 3 N–H and O–H groups in total. The smallest absolute Gasteiger partial charge is 0.0591 e. The van der Waals surface area contributed by atoms with Gasteiger partial charge in [0.2, 0.25) is 0 Å². The first-order chi connectivity index (χ1) is 7.19. The van der Waals surface area contributed by atoms with E-state index >= 15 is 0 Å². The van der Waals surface area contributed by atoms with Gasteiger partial charge in [-0.3, -0.25) is 0 Å². The first-order valence-corrected chi connectivity index (χ1v) is 5.69. The minimum atomic E-state index is -0.160. The van der Waals surface area contributed by atoms with E-state index in [0.29, 0.717) is 0 Å². The largest absolute Gasteiger partial charge is 0.395 e. The van der Waals surface area contributed by atoms with Crippen LogP contribution in [-0.4, -0.2) is 17.8 Å². The highest BCUT2D eigenvalue weighted by Gasteiger charge is 2.43. The molecular weight excluding hydrogens is 245 g/mol. The number of hydrogen-bond acceptors (Lipinski definition) is 2. The monoisotopic (exact) mass is 261 g/mol.